The van der Waals surface area contributed by atoms with E-state index in [2.05, 4.69) is 4.90 Å². The van der Waals surface area contributed by atoms with E-state index in [1.165, 1.54) is 19.3 Å². The lowest BCUT2D eigenvalue weighted by Gasteiger charge is -2.40. The zero-order valence-electron chi connectivity index (χ0n) is 14.8. The highest BCUT2D eigenvalue weighted by Crippen LogP contribution is 2.28. The quantitative estimate of drug-likeness (QED) is 0.826. The van der Waals surface area contributed by atoms with Crippen molar-refractivity contribution in [1.82, 2.24) is 9.80 Å². The fraction of sp³-hybridized carbons (Fsp3) is 0.579. The van der Waals surface area contributed by atoms with Gasteiger partial charge >= 0.3 is 0 Å². The van der Waals surface area contributed by atoms with Crippen LogP contribution in [0.15, 0.2) is 24.3 Å². The largest absolute Gasteiger partial charge is 0.329 e. The fourth-order valence-corrected chi connectivity index (χ4v) is 3.91. The van der Waals surface area contributed by atoms with Crippen LogP contribution < -0.4 is 4.90 Å². The molecular weight excluding hydrogens is 338 g/mol. The number of piperazine rings is 1. The number of amides is 2. The molecule has 2 aliphatic heterocycles. The molecule has 0 bridgehead atoms. The number of rotatable bonds is 4. The van der Waals surface area contributed by atoms with Crippen LogP contribution in [0.2, 0.25) is 5.02 Å². The van der Waals surface area contributed by atoms with Crippen LogP contribution in [0.5, 0.6) is 0 Å². The Bertz CT molecular complexity index is 631. The van der Waals surface area contributed by atoms with Crippen molar-refractivity contribution in [3.8, 4) is 0 Å². The van der Waals surface area contributed by atoms with Gasteiger partial charge in [-0.15, -0.1) is 0 Å². The first kappa shape index (κ1) is 18.2. The number of hydrogen-bond donors (Lipinski definition) is 0. The summed E-state index contributed by atoms with van der Waals surface area (Å²) in [5.41, 5.74) is 0.724. The minimum atomic E-state index is -0.0717. The molecule has 0 radical (unpaired) electrons. The Morgan fingerprint density at radius 3 is 2.64 bits per heavy atom. The SMILES string of the molecule is C[C@@H]1CN(c2ccccc2Cl)C(=O)CN1C(=O)CCN1CCCCC1. The normalized spacial score (nSPS) is 22.3. The van der Waals surface area contributed by atoms with Crippen LogP contribution in [0.3, 0.4) is 0 Å². The average molecular weight is 364 g/mol. The second-order valence-electron chi connectivity index (χ2n) is 6.98. The van der Waals surface area contributed by atoms with Crippen molar-refractivity contribution < 1.29 is 9.59 Å². The number of carbonyl (C=O) groups excluding carboxylic acids is 2. The first-order chi connectivity index (χ1) is 12.1. The number of halogens is 1. The molecule has 2 amide bonds. The number of anilines is 1. The summed E-state index contributed by atoms with van der Waals surface area (Å²) in [7, 11) is 0. The van der Waals surface area contributed by atoms with E-state index in [0.717, 1.165) is 25.3 Å². The lowest BCUT2D eigenvalue weighted by Crippen LogP contribution is -2.57. The molecule has 0 saturated carbocycles. The van der Waals surface area contributed by atoms with Crippen molar-refractivity contribution >= 4 is 29.1 Å². The molecule has 1 aromatic rings. The Morgan fingerprint density at radius 2 is 1.92 bits per heavy atom. The highest BCUT2D eigenvalue weighted by atomic mass is 35.5. The van der Waals surface area contributed by atoms with Crippen LogP contribution >= 0.6 is 11.6 Å². The molecule has 5 nitrogen and oxygen atoms in total. The van der Waals surface area contributed by atoms with E-state index in [9.17, 15) is 9.59 Å². The summed E-state index contributed by atoms with van der Waals surface area (Å²) in [6, 6.07) is 7.34. The predicted octanol–water partition coefficient (Wildman–Crippen LogP) is 2.78. The van der Waals surface area contributed by atoms with Gasteiger partial charge in [0.15, 0.2) is 0 Å². The third-order valence-corrected chi connectivity index (χ3v) is 5.46. The number of hydrogen-bond acceptors (Lipinski definition) is 3. The van der Waals surface area contributed by atoms with Gasteiger partial charge in [0.05, 0.1) is 10.7 Å². The summed E-state index contributed by atoms with van der Waals surface area (Å²) in [6.07, 6.45) is 4.23. The Kier molecular flexibility index (Phi) is 5.97. The third kappa shape index (κ3) is 4.33. The summed E-state index contributed by atoms with van der Waals surface area (Å²) in [4.78, 5) is 31.0. The van der Waals surface area contributed by atoms with Crippen LogP contribution in [0.1, 0.15) is 32.6 Å². The molecular formula is C19H26ClN3O2. The van der Waals surface area contributed by atoms with Crippen LogP contribution in [-0.2, 0) is 9.59 Å². The number of para-hydroxylation sites is 1. The van der Waals surface area contributed by atoms with Gasteiger partial charge in [-0.3, -0.25) is 9.59 Å². The summed E-state index contributed by atoms with van der Waals surface area (Å²) < 4.78 is 0. The number of piperidine rings is 1. The molecule has 25 heavy (non-hydrogen) atoms. The molecule has 3 rings (SSSR count). The van der Waals surface area contributed by atoms with Crippen molar-refractivity contribution in [2.75, 3.05) is 37.6 Å². The molecule has 0 spiro atoms. The van der Waals surface area contributed by atoms with Gasteiger partial charge < -0.3 is 14.7 Å². The molecule has 6 heteroatoms. The van der Waals surface area contributed by atoms with Crippen molar-refractivity contribution in [2.24, 2.45) is 0 Å². The Morgan fingerprint density at radius 1 is 1.20 bits per heavy atom. The average Bonchev–Trinajstić information content (AvgIpc) is 2.63. The van der Waals surface area contributed by atoms with Crippen molar-refractivity contribution in [1.29, 1.82) is 0 Å². The molecule has 2 saturated heterocycles. The topological polar surface area (TPSA) is 43.9 Å². The van der Waals surface area contributed by atoms with Crippen molar-refractivity contribution in [3.63, 3.8) is 0 Å². The minimum absolute atomic E-state index is 0.0113. The second kappa shape index (κ2) is 8.19. The smallest absolute Gasteiger partial charge is 0.246 e. The fourth-order valence-electron chi connectivity index (χ4n) is 3.67. The molecule has 0 aromatic heterocycles. The zero-order chi connectivity index (χ0) is 17.8. The highest BCUT2D eigenvalue weighted by Gasteiger charge is 2.33. The van der Waals surface area contributed by atoms with Gasteiger partial charge in [0.2, 0.25) is 11.8 Å². The van der Waals surface area contributed by atoms with Crippen LogP contribution in [0, 0.1) is 0 Å². The lowest BCUT2D eigenvalue weighted by atomic mass is 10.1. The van der Waals surface area contributed by atoms with Gasteiger partial charge in [0, 0.05) is 25.6 Å². The molecule has 1 aromatic carbocycles. The highest BCUT2D eigenvalue weighted by molar-refractivity contribution is 6.33. The van der Waals surface area contributed by atoms with Gasteiger partial charge in [-0.25, -0.2) is 0 Å². The standard InChI is InChI=1S/C19H26ClN3O2/c1-15-13-23(17-8-4-3-7-16(17)20)19(25)14-22(15)18(24)9-12-21-10-5-2-6-11-21/h3-4,7-8,15H,2,5-6,9-14H2,1H3/t15-/m1/s1. The van der Waals surface area contributed by atoms with Gasteiger partial charge in [-0.1, -0.05) is 30.2 Å². The number of carbonyl (C=O) groups is 2. The number of benzene rings is 1. The van der Waals surface area contributed by atoms with E-state index >= 15 is 0 Å². The van der Waals surface area contributed by atoms with Crippen molar-refractivity contribution in [3.05, 3.63) is 29.3 Å². The van der Waals surface area contributed by atoms with E-state index in [0.29, 0.717) is 18.0 Å². The Balaban J connectivity index is 1.59. The van der Waals surface area contributed by atoms with Crippen molar-refractivity contribution in [2.45, 2.75) is 38.6 Å². The molecule has 0 unspecified atom stereocenters. The first-order valence-electron chi connectivity index (χ1n) is 9.13. The predicted molar refractivity (Wildman–Crippen MR) is 99.9 cm³/mol. The summed E-state index contributed by atoms with van der Waals surface area (Å²) in [5.74, 6) is 0.00255. The molecule has 0 aliphatic carbocycles. The van der Waals surface area contributed by atoms with E-state index in [1.807, 2.05) is 25.1 Å². The minimum Gasteiger partial charge on any atom is -0.329 e. The summed E-state index contributed by atoms with van der Waals surface area (Å²) in [5, 5.41) is 0.563. The molecule has 2 aliphatic rings. The molecule has 136 valence electrons. The monoisotopic (exact) mass is 363 g/mol. The maximum absolute atomic E-state index is 12.6. The van der Waals surface area contributed by atoms with E-state index < -0.39 is 0 Å². The number of likely N-dealkylation sites (tertiary alicyclic amines) is 1. The molecule has 2 fully saturated rings. The van der Waals surface area contributed by atoms with Gasteiger partial charge in [-0.05, 0) is 45.0 Å². The van der Waals surface area contributed by atoms with Gasteiger partial charge in [-0.2, -0.15) is 0 Å². The van der Waals surface area contributed by atoms with Crippen LogP contribution in [0.4, 0.5) is 5.69 Å². The molecule has 0 N–H and O–H groups in total. The first-order valence-corrected chi connectivity index (χ1v) is 9.51. The maximum atomic E-state index is 12.6. The number of nitrogens with zero attached hydrogens (tertiary/aromatic N) is 3. The van der Waals surface area contributed by atoms with E-state index in [-0.39, 0.29) is 24.4 Å². The lowest BCUT2D eigenvalue weighted by molar-refractivity contribution is -0.139. The summed E-state index contributed by atoms with van der Waals surface area (Å²) in [6.45, 7) is 5.58. The van der Waals surface area contributed by atoms with E-state index in [4.69, 9.17) is 11.6 Å². The zero-order valence-corrected chi connectivity index (χ0v) is 15.5. The van der Waals surface area contributed by atoms with E-state index in [1.54, 1.807) is 15.9 Å². The molecule has 1 atom stereocenters. The molecule has 2 heterocycles. The van der Waals surface area contributed by atoms with Gasteiger partial charge in [0.25, 0.3) is 0 Å². The second-order valence-corrected chi connectivity index (χ2v) is 7.39. The Hall–Kier alpha value is -1.59. The van der Waals surface area contributed by atoms with Crippen LogP contribution in [0.25, 0.3) is 0 Å². The maximum Gasteiger partial charge on any atom is 0.246 e. The summed E-state index contributed by atoms with van der Waals surface area (Å²) >= 11 is 6.23. The Labute approximate surface area is 154 Å². The van der Waals surface area contributed by atoms with Crippen LogP contribution in [-0.4, -0.2) is 60.4 Å². The third-order valence-electron chi connectivity index (χ3n) is 5.14. The van der Waals surface area contributed by atoms with Gasteiger partial charge in [0.1, 0.15) is 6.54 Å².